The van der Waals surface area contributed by atoms with Crippen molar-refractivity contribution < 1.29 is 24.5 Å². The first-order valence-corrected chi connectivity index (χ1v) is 9.19. The smallest absolute Gasteiger partial charge is 0.335 e. The van der Waals surface area contributed by atoms with E-state index >= 15 is 0 Å². The van der Waals surface area contributed by atoms with Crippen molar-refractivity contribution in [2.24, 2.45) is 5.92 Å². The molecule has 1 aliphatic carbocycles. The van der Waals surface area contributed by atoms with Crippen molar-refractivity contribution in [3.05, 3.63) is 35.4 Å². The average Bonchev–Trinajstić information content (AvgIpc) is 2.67. The number of carbonyl (C=O) groups excluding carboxylic acids is 1. The highest BCUT2D eigenvalue weighted by molar-refractivity contribution is 5.87. The molecule has 142 valence electrons. The van der Waals surface area contributed by atoms with Gasteiger partial charge in [-0.2, -0.15) is 0 Å². The van der Waals surface area contributed by atoms with E-state index in [-0.39, 0.29) is 29.7 Å². The number of hydrogen-bond donors (Lipinski definition) is 3. The molecule has 0 spiro atoms. The SMILES string of the molecule is O=C(O)c1ccc(CNC(=O)N2CCOCC2C2CCCCC2O)cc1. The summed E-state index contributed by atoms with van der Waals surface area (Å²) < 4.78 is 5.57. The molecule has 2 amide bonds. The molecule has 2 aliphatic rings. The number of carbonyl (C=O) groups is 2. The van der Waals surface area contributed by atoms with Gasteiger partial charge in [0.1, 0.15) is 0 Å². The average molecular weight is 362 g/mol. The van der Waals surface area contributed by atoms with Crippen molar-refractivity contribution in [3.63, 3.8) is 0 Å². The first-order chi connectivity index (χ1) is 12.6. The largest absolute Gasteiger partial charge is 0.478 e. The molecule has 1 saturated carbocycles. The van der Waals surface area contributed by atoms with Gasteiger partial charge in [-0.05, 0) is 30.5 Å². The second-order valence-electron chi connectivity index (χ2n) is 7.01. The van der Waals surface area contributed by atoms with Gasteiger partial charge in [0.25, 0.3) is 0 Å². The molecule has 1 aromatic rings. The van der Waals surface area contributed by atoms with Crippen LogP contribution in [0.2, 0.25) is 0 Å². The topological polar surface area (TPSA) is 99.1 Å². The minimum Gasteiger partial charge on any atom is -0.478 e. The highest BCUT2D eigenvalue weighted by Crippen LogP contribution is 2.31. The monoisotopic (exact) mass is 362 g/mol. The van der Waals surface area contributed by atoms with E-state index in [1.54, 1.807) is 17.0 Å². The second kappa shape index (κ2) is 8.51. The van der Waals surface area contributed by atoms with Crippen molar-refractivity contribution in [2.45, 2.75) is 44.4 Å². The Hall–Kier alpha value is -2.12. The van der Waals surface area contributed by atoms with Crippen LogP contribution in [0, 0.1) is 5.92 Å². The molecule has 3 atom stereocenters. The minimum atomic E-state index is -0.970. The maximum atomic E-state index is 12.7. The van der Waals surface area contributed by atoms with Crippen LogP contribution in [0.15, 0.2) is 24.3 Å². The van der Waals surface area contributed by atoms with Crippen LogP contribution in [-0.4, -0.2) is 59.0 Å². The number of aliphatic hydroxyl groups excluding tert-OH is 1. The predicted molar refractivity (Wildman–Crippen MR) is 94.9 cm³/mol. The number of nitrogens with one attached hydrogen (secondary N) is 1. The summed E-state index contributed by atoms with van der Waals surface area (Å²) in [5.41, 5.74) is 1.06. The van der Waals surface area contributed by atoms with Gasteiger partial charge < -0.3 is 25.2 Å². The third-order valence-corrected chi connectivity index (χ3v) is 5.35. The summed E-state index contributed by atoms with van der Waals surface area (Å²) in [6.45, 7) is 1.80. The molecule has 26 heavy (non-hydrogen) atoms. The summed E-state index contributed by atoms with van der Waals surface area (Å²) in [5.74, 6) is -0.910. The van der Waals surface area contributed by atoms with Crippen LogP contribution in [-0.2, 0) is 11.3 Å². The van der Waals surface area contributed by atoms with Crippen LogP contribution >= 0.6 is 0 Å². The first kappa shape index (κ1) is 18.7. The van der Waals surface area contributed by atoms with Gasteiger partial charge in [-0.15, -0.1) is 0 Å². The van der Waals surface area contributed by atoms with E-state index in [4.69, 9.17) is 9.84 Å². The molecule has 1 heterocycles. The molecule has 0 bridgehead atoms. The zero-order valence-corrected chi connectivity index (χ0v) is 14.8. The van der Waals surface area contributed by atoms with Gasteiger partial charge in [0.05, 0.1) is 30.9 Å². The number of urea groups is 1. The van der Waals surface area contributed by atoms with Gasteiger partial charge >= 0.3 is 12.0 Å². The van der Waals surface area contributed by atoms with Gasteiger partial charge in [-0.1, -0.05) is 25.0 Å². The standard InChI is InChI=1S/C19H26N2O5/c22-17-4-2-1-3-15(17)16-12-26-10-9-21(16)19(25)20-11-13-5-7-14(8-6-13)18(23)24/h5-8,15-17,22H,1-4,9-12H2,(H,20,25)(H,23,24). The molecule has 0 radical (unpaired) electrons. The molecular formula is C19H26N2O5. The highest BCUT2D eigenvalue weighted by atomic mass is 16.5. The van der Waals surface area contributed by atoms with Crippen LogP contribution in [0.1, 0.15) is 41.6 Å². The van der Waals surface area contributed by atoms with E-state index in [1.807, 2.05) is 0 Å². The van der Waals surface area contributed by atoms with Gasteiger partial charge in [0, 0.05) is 19.0 Å². The number of aliphatic hydroxyl groups is 1. The molecular weight excluding hydrogens is 336 g/mol. The highest BCUT2D eigenvalue weighted by Gasteiger charge is 2.38. The lowest BCUT2D eigenvalue weighted by Gasteiger charge is -2.43. The Morgan fingerprint density at radius 1 is 1.19 bits per heavy atom. The molecule has 3 unspecified atom stereocenters. The summed E-state index contributed by atoms with van der Waals surface area (Å²) in [4.78, 5) is 25.4. The zero-order valence-electron chi connectivity index (χ0n) is 14.8. The van der Waals surface area contributed by atoms with Gasteiger partial charge in [-0.25, -0.2) is 9.59 Å². The Morgan fingerprint density at radius 3 is 2.62 bits per heavy atom. The number of carboxylic acid groups (broad SMARTS) is 1. The maximum absolute atomic E-state index is 12.7. The Kier molecular flexibility index (Phi) is 6.11. The zero-order chi connectivity index (χ0) is 18.5. The summed E-state index contributed by atoms with van der Waals surface area (Å²) in [5, 5.41) is 22.2. The number of carboxylic acids is 1. The molecule has 7 nitrogen and oxygen atoms in total. The number of nitrogens with zero attached hydrogens (tertiary/aromatic N) is 1. The number of amides is 2. The summed E-state index contributed by atoms with van der Waals surface area (Å²) in [7, 11) is 0. The normalized spacial score (nSPS) is 26.3. The Morgan fingerprint density at radius 2 is 1.92 bits per heavy atom. The number of morpholine rings is 1. The molecule has 3 N–H and O–H groups in total. The van der Waals surface area contributed by atoms with E-state index in [9.17, 15) is 14.7 Å². The number of aromatic carboxylic acids is 1. The van der Waals surface area contributed by atoms with E-state index in [2.05, 4.69) is 5.32 Å². The third kappa shape index (κ3) is 4.34. The summed E-state index contributed by atoms with van der Waals surface area (Å²) >= 11 is 0. The lowest BCUT2D eigenvalue weighted by atomic mass is 9.81. The van der Waals surface area contributed by atoms with Crippen molar-refractivity contribution in [1.29, 1.82) is 0 Å². The quantitative estimate of drug-likeness (QED) is 0.759. The van der Waals surface area contributed by atoms with Crippen LogP contribution in [0.4, 0.5) is 4.79 Å². The number of rotatable bonds is 4. The third-order valence-electron chi connectivity index (χ3n) is 5.35. The van der Waals surface area contributed by atoms with Gasteiger partial charge in [0.15, 0.2) is 0 Å². The lowest BCUT2D eigenvalue weighted by Crippen LogP contribution is -2.57. The molecule has 1 aromatic carbocycles. The van der Waals surface area contributed by atoms with Crippen LogP contribution in [0.3, 0.4) is 0 Å². The van der Waals surface area contributed by atoms with Gasteiger partial charge in [0.2, 0.25) is 0 Å². The van der Waals surface area contributed by atoms with Crippen molar-refractivity contribution in [1.82, 2.24) is 10.2 Å². The Labute approximate surface area is 152 Å². The number of hydrogen-bond acceptors (Lipinski definition) is 4. The van der Waals surface area contributed by atoms with E-state index in [0.29, 0.717) is 26.3 Å². The Balaban J connectivity index is 1.60. The van der Waals surface area contributed by atoms with Crippen LogP contribution < -0.4 is 5.32 Å². The fourth-order valence-corrected chi connectivity index (χ4v) is 3.86. The van der Waals surface area contributed by atoms with E-state index < -0.39 is 5.97 Å². The van der Waals surface area contributed by atoms with Crippen molar-refractivity contribution in [2.75, 3.05) is 19.8 Å². The molecule has 2 fully saturated rings. The molecule has 1 aliphatic heterocycles. The van der Waals surface area contributed by atoms with Gasteiger partial charge in [-0.3, -0.25) is 0 Å². The van der Waals surface area contributed by atoms with E-state index in [0.717, 1.165) is 31.2 Å². The van der Waals surface area contributed by atoms with E-state index in [1.165, 1.54) is 12.1 Å². The second-order valence-corrected chi connectivity index (χ2v) is 7.01. The fourth-order valence-electron chi connectivity index (χ4n) is 3.86. The predicted octanol–water partition coefficient (Wildman–Crippen LogP) is 1.85. The number of benzene rings is 1. The van der Waals surface area contributed by atoms with Crippen molar-refractivity contribution in [3.8, 4) is 0 Å². The Bertz CT molecular complexity index is 633. The fraction of sp³-hybridized carbons (Fsp3) is 0.579. The number of ether oxygens (including phenoxy) is 1. The minimum absolute atomic E-state index is 0.0599. The molecule has 1 saturated heterocycles. The van der Waals surface area contributed by atoms with Crippen LogP contribution in [0.5, 0.6) is 0 Å². The molecule has 3 rings (SSSR count). The molecule has 0 aromatic heterocycles. The first-order valence-electron chi connectivity index (χ1n) is 9.19. The van der Waals surface area contributed by atoms with Crippen LogP contribution in [0.25, 0.3) is 0 Å². The molecule has 7 heteroatoms. The summed E-state index contributed by atoms with van der Waals surface area (Å²) in [6.07, 6.45) is 3.42. The maximum Gasteiger partial charge on any atom is 0.335 e. The summed E-state index contributed by atoms with van der Waals surface area (Å²) in [6, 6.07) is 6.18. The van der Waals surface area contributed by atoms with Crippen molar-refractivity contribution >= 4 is 12.0 Å². The lowest BCUT2D eigenvalue weighted by molar-refractivity contribution is -0.0511.